The summed E-state index contributed by atoms with van der Waals surface area (Å²) in [6.45, 7) is 2.11. The molecule has 174 valence electrons. The van der Waals surface area contributed by atoms with Gasteiger partial charge in [-0.3, -0.25) is 14.4 Å². The summed E-state index contributed by atoms with van der Waals surface area (Å²) in [5, 5.41) is 11.9. The summed E-state index contributed by atoms with van der Waals surface area (Å²) in [5.74, 6) is -2.66. The lowest BCUT2D eigenvalue weighted by Gasteiger charge is -2.29. The van der Waals surface area contributed by atoms with Gasteiger partial charge in [-0.1, -0.05) is 30.3 Å². The number of nitrogens with zero attached hydrogens (tertiary/aromatic N) is 2. The van der Waals surface area contributed by atoms with Gasteiger partial charge in [0.25, 0.3) is 5.91 Å². The van der Waals surface area contributed by atoms with Crippen LogP contribution in [0.3, 0.4) is 0 Å². The number of halogens is 2. The number of para-hydroxylation sites is 2. The molecule has 2 heterocycles. The maximum Gasteiger partial charge on any atom is 0.266 e. The second-order valence-electron chi connectivity index (χ2n) is 7.90. The number of ether oxygens (including phenoxy) is 1. The molecule has 7 nitrogen and oxygen atoms in total. The maximum atomic E-state index is 14.5. The number of anilines is 2. The Morgan fingerprint density at radius 1 is 1.06 bits per heavy atom. The molecule has 0 spiro atoms. The van der Waals surface area contributed by atoms with Crippen LogP contribution in [-0.2, 0) is 14.4 Å². The average molecular weight is 527 g/mol. The quantitative estimate of drug-likeness (QED) is 0.483. The molecule has 2 amide bonds. The molecule has 2 saturated heterocycles. The number of amides is 2. The molecule has 3 aromatic rings. The van der Waals surface area contributed by atoms with Gasteiger partial charge in [-0.15, -0.1) is 0 Å². The minimum absolute atomic E-state index is 0.0749. The standard InChI is InChI=1S/C25H20BrFN2O5/c1-2-33-19-13-14(12-16(26)22(19)30)21-20-23(34-29(21)15-8-4-3-5-9-15)25(32)28(24(20)31)18-11-7-6-10-17(18)27/h3-13,20-21,23,30H,2H2,1H3. The molecule has 1 N–H and O–H groups in total. The predicted molar refractivity (Wildman–Crippen MR) is 126 cm³/mol. The highest BCUT2D eigenvalue weighted by Gasteiger charge is 2.60. The molecule has 2 aliphatic rings. The molecule has 0 radical (unpaired) electrons. The number of aromatic hydroxyl groups is 1. The summed E-state index contributed by atoms with van der Waals surface area (Å²) in [6, 6.07) is 17.3. The molecule has 0 saturated carbocycles. The van der Waals surface area contributed by atoms with Crippen molar-refractivity contribution in [2.24, 2.45) is 5.92 Å². The van der Waals surface area contributed by atoms with E-state index in [1.807, 2.05) is 18.2 Å². The normalized spacial score (nSPS) is 21.8. The number of imide groups is 1. The number of hydroxylamine groups is 1. The second kappa shape index (κ2) is 8.73. The van der Waals surface area contributed by atoms with Crippen LogP contribution in [0.1, 0.15) is 18.5 Å². The molecule has 0 aliphatic carbocycles. The van der Waals surface area contributed by atoms with Crippen LogP contribution in [-0.4, -0.2) is 29.6 Å². The van der Waals surface area contributed by atoms with E-state index in [0.29, 0.717) is 22.3 Å². The number of rotatable bonds is 5. The zero-order valence-corrected chi connectivity index (χ0v) is 19.6. The molecule has 0 bridgehead atoms. The van der Waals surface area contributed by atoms with Gasteiger partial charge in [0.2, 0.25) is 5.91 Å². The Hall–Kier alpha value is -3.43. The number of benzene rings is 3. The third-order valence-corrected chi connectivity index (χ3v) is 6.52. The fraction of sp³-hybridized carbons (Fsp3) is 0.200. The summed E-state index contributed by atoms with van der Waals surface area (Å²) in [5.41, 5.74) is 1.12. The van der Waals surface area contributed by atoms with Crippen molar-refractivity contribution in [1.82, 2.24) is 0 Å². The Morgan fingerprint density at radius 2 is 1.76 bits per heavy atom. The summed E-state index contributed by atoms with van der Waals surface area (Å²) in [4.78, 5) is 33.8. The van der Waals surface area contributed by atoms with Crippen LogP contribution >= 0.6 is 15.9 Å². The van der Waals surface area contributed by atoms with E-state index in [4.69, 9.17) is 9.57 Å². The first-order chi connectivity index (χ1) is 16.4. The van der Waals surface area contributed by atoms with Gasteiger partial charge < -0.3 is 9.84 Å². The van der Waals surface area contributed by atoms with Crippen molar-refractivity contribution in [2.45, 2.75) is 19.1 Å². The predicted octanol–water partition coefficient (Wildman–Crippen LogP) is 4.74. The Bertz CT molecular complexity index is 1270. The number of carbonyl (C=O) groups is 2. The molecule has 34 heavy (non-hydrogen) atoms. The van der Waals surface area contributed by atoms with Crippen molar-refractivity contribution in [3.05, 3.63) is 82.6 Å². The van der Waals surface area contributed by atoms with Gasteiger partial charge in [0, 0.05) is 0 Å². The summed E-state index contributed by atoms with van der Waals surface area (Å²) in [6.07, 6.45) is -1.14. The van der Waals surface area contributed by atoms with Crippen LogP contribution in [0.5, 0.6) is 11.5 Å². The van der Waals surface area contributed by atoms with Crippen LogP contribution in [0.2, 0.25) is 0 Å². The fourth-order valence-electron chi connectivity index (χ4n) is 4.45. The summed E-state index contributed by atoms with van der Waals surface area (Å²) < 4.78 is 20.5. The topological polar surface area (TPSA) is 79.3 Å². The zero-order chi connectivity index (χ0) is 24.0. The lowest BCUT2D eigenvalue weighted by atomic mass is 9.90. The van der Waals surface area contributed by atoms with Crippen molar-refractivity contribution in [2.75, 3.05) is 16.6 Å². The van der Waals surface area contributed by atoms with Crippen molar-refractivity contribution in [1.29, 1.82) is 0 Å². The monoisotopic (exact) mass is 526 g/mol. The average Bonchev–Trinajstić information content (AvgIpc) is 3.34. The first kappa shape index (κ1) is 22.4. The highest BCUT2D eigenvalue weighted by Crippen LogP contribution is 2.50. The van der Waals surface area contributed by atoms with Crippen molar-refractivity contribution in [3.8, 4) is 11.5 Å². The van der Waals surface area contributed by atoms with Crippen molar-refractivity contribution < 1.29 is 28.7 Å². The first-order valence-corrected chi connectivity index (χ1v) is 11.5. The number of fused-ring (bicyclic) bond motifs is 1. The molecule has 3 atom stereocenters. The van der Waals surface area contributed by atoms with Crippen molar-refractivity contribution >= 4 is 39.1 Å². The molecule has 2 aliphatic heterocycles. The van der Waals surface area contributed by atoms with Gasteiger partial charge in [0.1, 0.15) is 11.7 Å². The summed E-state index contributed by atoms with van der Waals surface area (Å²) in [7, 11) is 0. The number of phenols is 1. The zero-order valence-electron chi connectivity index (χ0n) is 18.0. The third-order valence-electron chi connectivity index (χ3n) is 5.91. The fourth-order valence-corrected chi connectivity index (χ4v) is 4.91. The third kappa shape index (κ3) is 3.52. The van der Waals surface area contributed by atoms with E-state index in [9.17, 15) is 19.1 Å². The molecule has 0 aromatic heterocycles. The van der Waals surface area contributed by atoms with E-state index < -0.39 is 35.7 Å². The highest BCUT2D eigenvalue weighted by molar-refractivity contribution is 9.10. The van der Waals surface area contributed by atoms with Gasteiger partial charge >= 0.3 is 0 Å². The number of hydrogen-bond acceptors (Lipinski definition) is 6. The number of hydrogen-bond donors (Lipinski definition) is 1. The lowest BCUT2D eigenvalue weighted by molar-refractivity contribution is -0.126. The van der Waals surface area contributed by atoms with Crippen LogP contribution in [0.25, 0.3) is 0 Å². The van der Waals surface area contributed by atoms with E-state index in [1.54, 1.807) is 37.3 Å². The Morgan fingerprint density at radius 3 is 2.47 bits per heavy atom. The molecular formula is C25H20BrFN2O5. The van der Waals surface area contributed by atoms with E-state index in [-0.39, 0.29) is 17.2 Å². The van der Waals surface area contributed by atoms with Crippen molar-refractivity contribution in [3.63, 3.8) is 0 Å². The van der Waals surface area contributed by atoms with Gasteiger partial charge in [-0.25, -0.2) is 14.4 Å². The lowest BCUT2D eigenvalue weighted by Crippen LogP contribution is -2.37. The molecular weight excluding hydrogens is 507 g/mol. The minimum Gasteiger partial charge on any atom is -0.503 e. The number of phenolic OH excluding ortho intramolecular Hbond substituents is 1. The van der Waals surface area contributed by atoms with Crippen LogP contribution in [0.4, 0.5) is 15.8 Å². The SMILES string of the molecule is CCOc1cc(C2C3C(=O)N(c4ccccc4F)C(=O)C3ON2c2ccccc2)cc(Br)c1O. The Kier molecular flexibility index (Phi) is 5.75. The van der Waals surface area contributed by atoms with Crippen LogP contribution in [0, 0.1) is 11.7 Å². The molecule has 9 heteroatoms. The molecule has 3 aromatic carbocycles. The largest absolute Gasteiger partial charge is 0.503 e. The second-order valence-corrected chi connectivity index (χ2v) is 8.76. The molecule has 3 unspecified atom stereocenters. The van der Waals surface area contributed by atoms with Crippen LogP contribution in [0.15, 0.2) is 71.2 Å². The van der Waals surface area contributed by atoms with Crippen LogP contribution < -0.4 is 14.7 Å². The van der Waals surface area contributed by atoms with Gasteiger partial charge in [-0.05, 0) is 64.8 Å². The number of carbonyl (C=O) groups excluding carboxylic acids is 2. The minimum atomic E-state index is -1.14. The van der Waals surface area contributed by atoms with Gasteiger partial charge in [0.05, 0.1) is 28.5 Å². The van der Waals surface area contributed by atoms with E-state index in [2.05, 4.69) is 15.9 Å². The first-order valence-electron chi connectivity index (χ1n) is 10.7. The molecule has 2 fully saturated rings. The molecule has 5 rings (SSSR count). The Balaban J connectivity index is 1.64. The van der Waals surface area contributed by atoms with Gasteiger partial charge in [0.15, 0.2) is 17.6 Å². The smallest absolute Gasteiger partial charge is 0.266 e. The van der Waals surface area contributed by atoms with E-state index >= 15 is 0 Å². The Labute approximate surface area is 203 Å². The maximum absolute atomic E-state index is 14.5. The van der Waals surface area contributed by atoms with E-state index in [0.717, 1.165) is 4.90 Å². The highest BCUT2D eigenvalue weighted by atomic mass is 79.9. The van der Waals surface area contributed by atoms with Gasteiger partial charge in [-0.2, -0.15) is 0 Å². The summed E-state index contributed by atoms with van der Waals surface area (Å²) >= 11 is 3.35. The van der Waals surface area contributed by atoms with E-state index in [1.165, 1.54) is 23.3 Å².